The third-order valence-electron chi connectivity index (χ3n) is 6.10. The van der Waals surface area contributed by atoms with Crippen molar-refractivity contribution < 1.29 is 5.11 Å². The SMILES string of the molecule is Cc1ccc([C@@]2(O)[C@@H](c3ccccc3)C[C@@H]3CC[C@H]2N3C)cc1. The van der Waals surface area contributed by atoms with E-state index in [1.54, 1.807) is 0 Å². The predicted molar refractivity (Wildman–Crippen MR) is 93.4 cm³/mol. The van der Waals surface area contributed by atoms with Crippen LogP contribution in [0.5, 0.6) is 0 Å². The van der Waals surface area contributed by atoms with Crippen LogP contribution in [0.1, 0.15) is 41.9 Å². The predicted octanol–water partition coefficient (Wildman–Crippen LogP) is 3.83. The Hall–Kier alpha value is -1.64. The lowest BCUT2D eigenvalue weighted by atomic mass is 9.69. The van der Waals surface area contributed by atoms with E-state index in [4.69, 9.17) is 0 Å². The first-order valence-electron chi connectivity index (χ1n) is 8.67. The van der Waals surface area contributed by atoms with Gasteiger partial charge in [0.2, 0.25) is 0 Å². The van der Waals surface area contributed by atoms with Crippen molar-refractivity contribution in [1.82, 2.24) is 4.90 Å². The Morgan fingerprint density at radius 1 is 1.00 bits per heavy atom. The quantitative estimate of drug-likeness (QED) is 0.911. The molecule has 4 atom stereocenters. The minimum Gasteiger partial charge on any atom is -0.383 e. The number of piperidine rings is 1. The van der Waals surface area contributed by atoms with Crippen molar-refractivity contribution in [1.29, 1.82) is 0 Å². The first kappa shape index (κ1) is 14.9. The Morgan fingerprint density at radius 3 is 2.39 bits per heavy atom. The Morgan fingerprint density at radius 2 is 1.70 bits per heavy atom. The summed E-state index contributed by atoms with van der Waals surface area (Å²) in [4.78, 5) is 2.42. The summed E-state index contributed by atoms with van der Waals surface area (Å²) < 4.78 is 0. The van der Waals surface area contributed by atoms with Crippen LogP contribution in [0.4, 0.5) is 0 Å². The van der Waals surface area contributed by atoms with Crippen LogP contribution in [-0.4, -0.2) is 29.1 Å². The highest BCUT2D eigenvalue weighted by Gasteiger charge is 2.55. The van der Waals surface area contributed by atoms with E-state index in [0.29, 0.717) is 6.04 Å². The molecule has 120 valence electrons. The number of aryl methyl sites for hydroxylation is 1. The van der Waals surface area contributed by atoms with Gasteiger partial charge in [-0.1, -0.05) is 60.2 Å². The molecule has 2 aliphatic rings. The Labute approximate surface area is 138 Å². The van der Waals surface area contributed by atoms with Crippen molar-refractivity contribution in [3.05, 3.63) is 71.3 Å². The lowest BCUT2D eigenvalue weighted by Crippen LogP contribution is -2.56. The molecule has 0 aromatic heterocycles. The van der Waals surface area contributed by atoms with Crippen molar-refractivity contribution in [3.63, 3.8) is 0 Å². The molecule has 2 bridgehead atoms. The summed E-state index contributed by atoms with van der Waals surface area (Å²) in [6.45, 7) is 2.10. The number of nitrogens with zero attached hydrogens (tertiary/aromatic N) is 1. The maximum absolute atomic E-state index is 12.0. The third-order valence-corrected chi connectivity index (χ3v) is 6.10. The minimum absolute atomic E-state index is 0.167. The van der Waals surface area contributed by atoms with Crippen molar-refractivity contribution in [2.75, 3.05) is 7.05 Å². The molecule has 2 heterocycles. The van der Waals surface area contributed by atoms with Crippen LogP contribution in [0, 0.1) is 6.92 Å². The van der Waals surface area contributed by atoms with Gasteiger partial charge in [0.1, 0.15) is 5.60 Å². The van der Waals surface area contributed by atoms with Gasteiger partial charge < -0.3 is 5.11 Å². The number of hydrogen-bond acceptors (Lipinski definition) is 2. The molecular formula is C21H25NO. The summed E-state index contributed by atoms with van der Waals surface area (Å²) in [6.07, 6.45) is 3.30. The highest BCUT2D eigenvalue weighted by atomic mass is 16.3. The van der Waals surface area contributed by atoms with E-state index >= 15 is 0 Å². The number of fused-ring (bicyclic) bond motifs is 2. The molecule has 0 unspecified atom stereocenters. The van der Waals surface area contributed by atoms with Gasteiger partial charge in [0.05, 0.1) is 0 Å². The maximum atomic E-state index is 12.0. The maximum Gasteiger partial charge on any atom is 0.112 e. The molecule has 1 N–H and O–H groups in total. The van der Waals surface area contributed by atoms with Gasteiger partial charge in [-0.05, 0) is 44.4 Å². The van der Waals surface area contributed by atoms with Gasteiger partial charge >= 0.3 is 0 Å². The second-order valence-corrected chi connectivity index (χ2v) is 7.30. The van der Waals surface area contributed by atoms with Gasteiger partial charge in [-0.25, -0.2) is 0 Å². The van der Waals surface area contributed by atoms with E-state index in [1.807, 2.05) is 0 Å². The van der Waals surface area contributed by atoms with E-state index in [9.17, 15) is 5.11 Å². The van der Waals surface area contributed by atoms with Crippen LogP contribution in [0.3, 0.4) is 0 Å². The molecule has 2 heteroatoms. The minimum atomic E-state index is -0.809. The van der Waals surface area contributed by atoms with Gasteiger partial charge in [-0.15, -0.1) is 0 Å². The molecule has 2 aromatic rings. The highest BCUT2D eigenvalue weighted by Crippen LogP contribution is 2.53. The number of aliphatic hydroxyl groups is 1. The number of likely N-dealkylation sites (N-methyl/N-ethyl adjacent to an activating group) is 1. The largest absolute Gasteiger partial charge is 0.383 e. The van der Waals surface area contributed by atoms with Gasteiger partial charge in [-0.3, -0.25) is 4.90 Å². The van der Waals surface area contributed by atoms with Crippen molar-refractivity contribution in [2.24, 2.45) is 0 Å². The molecule has 2 fully saturated rings. The lowest BCUT2D eigenvalue weighted by Gasteiger charge is -2.50. The summed E-state index contributed by atoms with van der Waals surface area (Å²) in [6, 6.07) is 19.9. The molecule has 0 radical (unpaired) electrons. The fraction of sp³-hybridized carbons (Fsp3) is 0.429. The first-order valence-corrected chi connectivity index (χ1v) is 8.67. The molecule has 2 nitrogen and oxygen atoms in total. The second kappa shape index (κ2) is 5.47. The van der Waals surface area contributed by atoms with Crippen molar-refractivity contribution in [2.45, 2.75) is 49.8 Å². The Balaban J connectivity index is 1.85. The molecule has 2 aromatic carbocycles. The number of rotatable bonds is 2. The molecule has 4 rings (SSSR count). The van der Waals surface area contributed by atoms with E-state index in [-0.39, 0.29) is 12.0 Å². The first-order chi connectivity index (χ1) is 11.1. The monoisotopic (exact) mass is 307 g/mol. The standard InChI is InChI=1S/C21H25NO/c1-15-8-10-17(11-9-15)21(23)19(16-6-4-3-5-7-16)14-18-12-13-20(21)22(18)2/h3-11,18-20,23H,12-14H2,1-2H3/t18-,19+,20+,21+/m0/s1. The fourth-order valence-corrected chi connectivity index (χ4v) is 4.80. The molecule has 0 aliphatic carbocycles. The summed E-state index contributed by atoms with van der Waals surface area (Å²) in [5, 5.41) is 12.0. The van der Waals surface area contributed by atoms with Crippen LogP contribution in [-0.2, 0) is 5.60 Å². The third kappa shape index (κ3) is 2.24. The van der Waals surface area contributed by atoms with Gasteiger partial charge in [0.25, 0.3) is 0 Å². The second-order valence-electron chi connectivity index (χ2n) is 7.30. The molecule has 23 heavy (non-hydrogen) atoms. The molecule has 0 spiro atoms. The van der Waals surface area contributed by atoms with E-state index in [2.05, 4.69) is 73.5 Å². The molecule has 2 aliphatic heterocycles. The zero-order valence-electron chi connectivity index (χ0n) is 13.9. The smallest absolute Gasteiger partial charge is 0.112 e. The van der Waals surface area contributed by atoms with Gasteiger partial charge in [-0.2, -0.15) is 0 Å². The van der Waals surface area contributed by atoms with Crippen LogP contribution in [0.25, 0.3) is 0 Å². The molecule has 0 saturated carbocycles. The number of hydrogen-bond donors (Lipinski definition) is 1. The fourth-order valence-electron chi connectivity index (χ4n) is 4.80. The van der Waals surface area contributed by atoms with Crippen LogP contribution < -0.4 is 0 Å². The topological polar surface area (TPSA) is 23.5 Å². The summed E-state index contributed by atoms with van der Waals surface area (Å²) >= 11 is 0. The normalized spacial score (nSPS) is 33.8. The Kier molecular flexibility index (Phi) is 3.55. The van der Waals surface area contributed by atoms with Gasteiger partial charge in [0, 0.05) is 18.0 Å². The van der Waals surface area contributed by atoms with Crippen molar-refractivity contribution in [3.8, 4) is 0 Å². The van der Waals surface area contributed by atoms with E-state index in [1.165, 1.54) is 17.5 Å². The van der Waals surface area contributed by atoms with E-state index in [0.717, 1.165) is 18.4 Å². The summed E-state index contributed by atoms with van der Waals surface area (Å²) in [5.41, 5.74) is 2.76. The number of benzene rings is 2. The average molecular weight is 307 g/mol. The molecular weight excluding hydrogens is 282 g/mol. The zero-order valence-corrected chi connectivity index (χ0v) is 13.9. The highest BCUT2D eigenvalue weighted by molar-refractivity contribution is 5.37. The molecule has 0 amide bonds. The average Bonchev–Trinajstić information content (AvgIpc) is 2.85. The Bertz CT molecular complexity index is 681. The van der Waals surface area contributed by atoms with Crippen LogP contribution in [0.15, 0.2) is 54.6 Å². The van der Waals surface area contributed by atoms with Crippen LogP contribution in [0.2, 0.25) is 0 Å². The summed E-state index contributed by atoms with van der Waals surface area (Å²) in [7, 11) is 2.18. The van der Waals surface area contributed by atoms with Crippen molar-refractivity contribution >= 4 is 0 Å². The summed E-state index contributed by atoms with van der Waals surface area (Å²) in [5.74, 6) is 0.167. The van der Waals surface area contributed by atoms with Gasteiger partial charge in [0.15, 0.2) is 0 Å². The van der Waals surface area contributed by atoms with E-state index < -0.39 is 5.60 Å². The van der Waals surface area contributed by atoms with Crippen LogP contribution >= 0.6 is 0 Å². The lowest BCUT2D eigenvalue weighted by molar-refractivity contribution is -0.0913. The zero-order chi connectivity index (χ0) is 16.0. The molecule has 2 saturated heterocycles.